The van der Waals surface area contributed by atoms with E-state index >= 15 is 0 Å². The standard InChI is InChI=1S/C46H28N4S2/c1-4-12-29(13-5-1)34-24-35(30-14-6-2-7-15-30)26-36(25-34)46-47-39-27-32(21-23-41(39)52-46)44-48-43(31-16-8-3-9-17-31)49-45(50-44)33-20-22-38-37-18-10-11-19-40(37)51-42(38)28-33/h1-28H. The molecule has 0 aliphatic heterocycles. The zero-order valence-corrected chi connectivity index (χ0v) is 29.4. The first-order valence-corrected chi connectivity index (χ1v) is 18.8. The Morgan fingerprint density at radius 3 is 1.48 bits per heavy atom. The number of fused-ring (bicyclic) bond motifs is 4. The van der Waals surface area contributed by atoms with Crippen molar-refractivity contribution in [2.24, 2.45) is 0 Å². The van der Waals surface area contributed by atoms with Crippen LogP contribution in [0.15, 0.2) is 170 Å². The SMILES string of the molecule is c1ccc(-c2cc(-c3ccccc3)cc(-c3nc4cc(-c5nc(-c6ccccc6)nc(-c6ccc7c(c6)sc6ccccc67)n5)ccc4s3)c2)cc1. The van der Waals surface area contributed by atoms with Crippen molar-refractivity contribution in [2.75, 3.05) is 0 Å². The molecular weight excluding hydrogens is 673 g/mol. The van der Waals surface area contributed by atoms with Crippen molar-refractivity contribution in [1.82, 2.24) is 19.9 Å². The van der Waals surface area contributed by atoms with E-state index in [4.69, 9.17) is 19.9 Å². The maximum atomic E-state index is 5.20. The van der Waals surface area contributed by atoms with Crippen LogP contribution in [0.2, 0.25) is 0 Å². The van der Waals surface area contributed by atoms with E-state index in [1.165, 1.54) is 31.3 Å². The molecule has 244 valence electrons. The molecule has 0 N–H and O–H groups in total. The molecule has 0 unspecified atom stereocenters. The summed E-state index contributed by atoms with van der Waals surface area (Å²) in [6.07, 6.45) is 0. The minimum atomic E-state index is 0.620. The summed E-state index contributed by atoms with van der Waals surface area (Å²) in [4.78, 5) is 20.3. The lowest BCUT2D eigenvalue weighted by atomic mass is 9.96. The van der Waals surface area contributed by atoms with Gasteiger partial charge in [0.1, 0.15) is 5.01 Å². The van der Waals surface area contributed by atoms with Crippen molar-refractivity contribution in [2.45, 2.75) is 0 Å². The van der Waals surface area contributed by atoms with Crippen LogP contribution in [0.1, 0.15) is 0 Å². The normalized spacial score (nSPS) is 11.5. The summed E-state index contributed by atoms with van der Waals surface area (Å²) >= 11 is 3.50. The van der Waals surface area contributed by atoms with Crippen LogP contribution < -0.4 is 0 Å². The first-order valence-electron chi connectivity index (χ1n) is 17.1. The number of benzene rings is 7. The average Bonchev–Trinajstić information content (AvgIpc) is 3.83. The topological polar surface area (TPSA) is 51.6 Å². The highest BCUT2D eigenvalue weighted by atomic mass is 32.1. The summed E-state index contributed by atoms with van der Waals surface area (Å²) in [6.45, 7) is 0. The fourth-order valence-corrected chi connectivity index (χ4v) is 8.83. The second kappa shape index (κ2) is 12.8. The van der Waals surface area contributed by atoms with E-state index in [0.717, 1.165) is 48.6 Å². The highest BCUT2D eigenvalue weighted by Gasteiger charge is 2.16. The molecule has 10 rings (SSSR count). The van der Waals surface area contributed by atoms with E-state index in [2.05, 4.69) is 140 Å². The van der Waals surface area contributed by atoms with Crippen LogP contribution in [-0.2, 0) is 0 Å². The van der Waals surface area contributed by atoms with Crippen LogP contribution in [0.5, 0.6) is 0 Å². The van der Waals surface area contributed by atoms with Crippen LogP contribution in [-0.4, -0.2) is 19.9 Å². The van der Waals surface area contributed by atoms with E-state index < -0.39 is 0 Å². The molecule has 6 heteroatoms. The first-order chi connectivity index (χ1) is 25.7. The smallest absolute Gasteiger partial charge is 0.164 e. The lowest BCUT2D eigenvalue weighted by Crippen LogP contribution is -2.00. The molecule has 0 saturated heterocycles. The van der Waals surface area contributed by atoms with Crippen molar-refractivity contribution in [3.8, 4) is 67.0 Å². The number of rotatable bonds is 6. The van der Waals surface area contributed by atoms with Gasteiger partial charge >= 0.3 is 0 Å². The predicted molar refractivity (Wildman–Crippen MR) is 219 cm³/mol. The number of aromatic nitrogens is 4. The number of nitrogens with zero attached hydrogens (tertiary/aromatic N) is 4. The summed E-state index contributed by atoms with van der Waals surface area (Å²) in [5, 5.41) is 3.49. The highest BCUT2D eigenvalue weighted by Crippen LogP contribution is 2.39. The number of hydrogen-bond donors (Lipinski definition) is 0. The highest BCUT2D eigenvalue weighted by molar-refractivity contribution is 7.25. The summed E-state index contributed by atoms with van der Waals surface area (Å²) in [5.41, 5.74) is 9.49. The van der Waals surface area contributed by atoms with Gasteiger partial charge in [-0.25, -0.2) is 19.9 Å². The monoisotopic (exact) mass is 700 g/mol. The van der Waals surface area contributed by atoms with E-state index in [-0.39, 0.29) is 0 Å². The minimum absolute atomic E-state index is 0.620. The fraction of sp³-hybridized carbons (Fsp3) is 0. The molecular formula is C46H28N4S2. The Balaban J connectivity index is 1.08. The molecule has 0 saturated carbocycles. The van der Waals surface area contributed by atoms with Gasteiger partial charge in [-0.05, 0) is 70.8 Å². The quantitative estimate of drug-likeness (QED) is 0.173. The predicted octanol–water partition coefficient (Wildman–Crippen LogP) is 12.9. The molecule has 0 radical (unpaired) electrons. The molecule has 4 nitrogen and oxygen atoms in total. The average molecular weight is 701 g/mol. The largest absolute Gasteiger partial charge is 0.236 e. The molecule has 7 aromatic carbocycles. The summed E-state index contributed by atoms with van der Waals surface area (Å²) in [7, 11) is 0. The van der Waals surface area contributed by atoms with E-state index in [9.17, 15) is 0 Å². The van der Waals surface area contributed by atoms with Crippen molar-refractivity contribution in [1.29, 1.82) is 0 Å². The Kier molecular flexibility index (Phi) is 7.48. The Morgan fingerprint density at radius 2 is 0.808 bits per heavy atom. The molecule has 0 aliphatic carbocycles. The van der Waals surface area contributed by atoms with Gasteiger partial charge in [0.15, 0.2) is 17.5 Å². The third-order valence-corrected chi connectivity index (χ3v) is 11.6. The van der Waals surface area contributed by atoms with Gasteiger partial charge < -0.3 is 0 Å². The van der Waals surface area contributed by atoms with Gasteiger partial charge in [-0.3, -0.25) is 0 Å². The van der Waals surface area contributed by atoms with Gasteiger partial charge in [0.2, 0.25) is 0 Å². The zero-order valence-electron chi connectivity index (χ0n) is 27.8. The first kappa shape index (κ1) is 30.5. The third kappa shape index (κ3) is 5.64. The number of hydrogen-bond acceptors (Lipinski definition) is 6. The van der Waals surface area contributed by atoms with Crippen molar-refractivity contribution in [3.63, 3.8) is 0 Å². The lowest BCUT2D eigenvalue weighted by Gasteiger charge is -2.09. The Bertz CT molecular complexity index is 2840. The molecule has 3 aromatic heterocycles. The molecule has 0 amide bonds. The van der Waals surface area contributed by atoms with Crippen LogP contribution in [0.3, 0.4) is 0 Å². The van der Waals surface area contributed by atoms with Gasteiger partial charge in [0.05, 0.1) is 10.2 Å². The summed E-state index contributed by atoms with van der Waals surface area (Å²) in [6, 6.07) is 59.4. The van der Waals surface area contributed by atoms with Gasteiger partial charge in [-0.1, -0.05) is 121 Å². The maximum Gasteiger partial charge on any atom is 0.164 e. The van der Waals surface area contributed by atoms with Gasteiger partial charge in [-0.2, -0.15) is 0 Å². The fourth-order valence-electron chi connectivity index (χ4n) is 6.75. The molecule has 3 heterocycles. The number of thiophene rings is 1. The second-order valence-electron chi connectivity index (χ2n) is 12.7. The molecule has 10 aromatic rings. The molecule has 0 bridgehead atoms. The lowest BCUT2D eigenvalue weighted by molar-refractivity contribution is 1.07. The van der Waals surface area contributed by atoms with Crippen molar-refractivity contribution >= 4 is 53.1 Å². The molecule has 0 fully saturated rings. The summed E-state index contributed by atoms with van der Waals surface area (Å²) < 4.78 is 3.60. The molecule has 0 aliphatic rings. The molecule has 0 atom stereocenters. The van der Waals surface area contributed by atoms with Crippen LogP contribution in [0.4, 0.5) is 0 Å². The van der Waals surface area contributed by atoms with Crippen molar-refractivity contribution < 1.29 is 0 Å². The Labute approximate surface area is 308 Å². The van der Waals surface area contributed by atoms with Crippen molar-refractivity contribution in [3.05, 3.63) is 170 Å². The van der Waals surface area contributed by atoms with Crippen LogP contribution >= 0.6 is 22.7 Å². The molecule has 0 spiro atoms. The van der Waals surface area contributed by atoms with Gasteiger partial charge in [0, 0.05) is 42.4 Å². The third-order valence-electron chi connectivity index (χ3n) is 9.34. The number of thiazole rings is 1. The minimum Gasteiger partial charge on any atom is -0.236 e. The summed E-state index contributed by atoms with van der Waals surface area (Å²) in [5.74, 6) is 1.91. The second-order valence-corrected chi connectivity index (χ2v) is 14.8. The maximum absolute atomic E-state index is 5.20. The Hall–Kier alpha value is -6.34. The van der Waals surface area contributed by atoms with E-state index in [0.29, 0.717) is 17.5 Å². The van der Waals surface area contributed by atoms with E-state index in [1.807, 2.05) is 30.3 Å². The van der Waals surface area contributed by atoms with Gasteiger partial charge in [0.25, 0.3) is 0 Å². The molecule has 52 heavy (non-hydrogen) atoms. The van der Waals surface area contributed by atoms with E-state index in [1.54, 1.807) is 22.7 Å². The van der Waals surface area contributed by atoms with Gasteiger partial charge in [-0.15, -0.1) is 22.7 Å². The zero-order chi connectivity index (χ0) is 34.4. The van der Waals surface area contributed by atoms with Crippen LogP contribution in [0, 0.1) is 0 Å². The Morgan fingerprint density at radius 1 is 0.288 bits per heavy atom. The van der Waals surface area contributed by atoms with Crippen LogP contribution in [0.25, 0.3) is 97.4 Å².